The van der Waals surface area contributed by atoms with Gasteiger partial charge in [0.25, 0.3) is 0 Å². The maximum Gasteiger partial charge on any atom is 0.0364 e. The molecule has 0 unspecified atom stereocenters. The first kappa shape index (κ1) is 8.54. The summed E-state index contributed by atoms with van der Waals surface area (Å²) in [5.74, 6) is 0. The second-order valence-corrected chi connectivity index (χ2v) is 5.47. The van der Waals surface area contributed by atoms with Gasteiger partial charge < -0.3 is 0 Å². The minimum atomic E-state index is 1.35. The number of aryl methyl sites for hydroxylation is 1. The first-order chi connectivity index (χ1) is 7.83. The van der Waals surface area contributed by atoms with Crippen LogP contribution < -0.4 is 0 Å². The van der Waals surface area contributed by atoms with Crippen molar-refractivity contribution < 1.29 is 0 Å². The van der Waals surface area contributed by atoms with E-state index in [0.717, 1.165) is 0 Å². The Balaban J connectivity index is 2.48. The lowest BCUT2D eigenvalue weighted by atomic mass is 10.0. The Morgan fingerprint density at radius 3 is 2.56 bits per heavy atom. The highest BCUT2D eigenvalue weighted by molar-refractivity contribution is 7.26. The molecular weight excluding hydrogens is 212 g/mol. The van der Waals surface area contributed by atoms with Crippen molar-refractivity contribution in [3.63, 3.8) is 0 Å². The van der Waals surface area contributed by atoms with Crippen molar-refractivity contribution in [2.24, 2.45) is 0 Å². The van der Waals surface area contributed by atoms with Gasteiger partial charge in [-0.15, -0.1) is 11.3 Å². The Morgan fingerprint density at radius 1 is 0.812 bits per heavy atom. The second kappa shape index (κ2) is 2.74. The van der Waals surface area contributed by atoms with Gasteiger partial charge in [-0.05, 0) is 35.4 Å². The van der Waals surface area contributed by atoms with Gasteiger partial charge in [-0.2, -0.15) is 0 Å². The van der Waals surface area contributed by atoms with E-state index in [1.54, 1.807) is 0 Å². The number of benzene rings is 3. The molecule has 0 atom stereocenters. The van der Waals surface area contributed by atoms with Crippen molar-refractivity contribution >= 4 is 42.3 Å². The largest absolute Gasteiger partial charge is 0.135 e. The lowest BCUT2D eigenvalue weighted by molar-refractivity contribution is 1.53. The van der Waals surface area contributed by atoms with Gasteiger partial charge in [0.1, 0.15) is 0 Å². The summed E-state index contributed by atoms with van der Waals surface area (Å²) in [6.45, 7) is 2.17. The third kappa shape index (κ3) is 0.940. The van der Waals surface area contributed by atoms with E-state index < -0.39 is 0 Å². The predicted molar refractivity (Wildman–Crippen MR) is 72.8 cm³/mol. The van der Waals surface area contributed by atoms with Crippen molar-refractivity contribution in [3.8, 4) is 0 Å². The topological polar surface area (TPSA) is 0 Å². The molecule has 0 radical (unpaired) electrons. The van der Waals surface area contributed by atoms with Crippen LogP contribution in [0, 0.1) is 6.92 Å². The molecule has 0 aliphatic heterocycles. The Kier molecular flexibility index (Phi) is 1.46. The lowest BCUT2D eigenvalue weighted by Gasteiger charge is -2.02. The second-order valence-electron chi connectivity index (χ2n) is 4.38. The van der Waals surface area contributed by atoms with Crippen molar-refractivity contribution in [1.82, 2.24) is 0 Å². The third-order valence-corrected chi connectivity index (χ3v) is 4.35. The smallest absolute Gasteiger partial charge is 0.0364 e. The van der Waals surface area contributed by atoms with Crippen LogP contribution in [0.3, 0.4) is 0 Å². The van der Waals surface area contributed by atoms with E-state index in [1.807, 2.05) is 11.3 Å². The van der Waals surface area contributed by atoms with E-state index in [-0.39, 0.29) is 0 Å². The van der Waals surface area contributed by atoms with Gasteiger partial charge in [0.2, 0.25) is 0 Å². The molecule has 0 saturated heterocycles. The highest BCUT2D eigenvalue weighted by atomic mass is 32.1. The summed E-state index contributed by atoms with van der Waals surface area (Å²) in [6, 6.07) is 15.6. The fraction of sp³-hybridized carbons (Fsp3) is 0.0667. The maximum absolute atomic E-state index is 2.30. The fourth-order valence-corrected chi connectivity index (χ4v) is 3.87. The maximum atomic E-state index is 2.30. The molecule has 0 aliphatic carbocycles. The quantitative estimate of drug-likeness (QED) is 0.369. The standard InChI is InChI=1S/C15H10S/c1-9-7-11-6-5-10-3-2-4-12-14(10)15(11)13(8-9)16-12/h2-8H,1H3. The molecule has 16 heavy (non-hydrogen) atoms. The molecule has 76 valence electrons. The molecule has 1 aromatic heterocycles. The van der Waals surface area contributed by atoms with E-state index in [2.05, 4.69) is 49.4 Å². The molecule has 4 aromatic rings. The van der Waals surface area contributed by atoms with Crippen LogP contribution in [0.25, 0.3) is 30.9 Å². The first-order valence-corrected chi connectivity index (χ1v) is 6.28. The molecule has 0 bridgehead atoms. The summed E-state index contributed by atoms with van der Waals surface area (Å²) < 4.78 is 2.82. The van der Waals surface area contributed by atoms with E-state index in [9.17, 15) is 0 Å². The Bertz CT molecular complexity index is 808. The normalized spacial score (nSPS) is 12.1. The van der Waals surface area contributed by atoms with E-state index in [4.69, 9.17) is 0 Å². The number of hydrogen-bond donors (Lipinski definition) is 0. The molecule has 0 aliphatic rings. The molecule has 0 spiro atoms. The molecule has 0 saturated carbocycles. The van der Waals surface area contributed by atoms with Crippen LogP contribution in [0.1, 0.15) is 5.56 Å². The monoisotopic (exact) mass is 222 g/mol. The fourth-order valence-electron chi connectivity index (χ4n) is 2.60. The number of thiophene rings is 1. The van der Waals surface area contributed by atoms with Crippen LogP contribution in [0.15, 0.2) is 42.5 Å². The van der Waals surface area contributed by atoms with E-state index >= 15 is 0 Å². The lowest BCUT2D eigenvalue weighted by Crippen LogP contribution is -1.77. The van der Waals surface area contributed by atoms with Gasteiger partial charge in [-0.1, -0.05) is 30.3 Å². The van der Waals surface area contributed by atoms with E-state index in [0.29, 0.717) is 0 Å². The summed E-state index contributed by atoms with van der Waals surface area (Å²) >= 11 is 1.90. The Morgan fingerprint density at radius 2 is 1.62 bits per heavy atom. The van der Waals surface area contributed by atoms with Crippen LogP contribution >= 0.6 is 11.3 Å². The zero-order chi connectivity index (χ0) is 10.7. The Labute approximate surface area is 97.5 Å². The molecule has 0 N–H and O–H groups in total. The number of rotatable bonds is 0. The molecule has 0 nitrogen and oxygen atoms in total. The third-order valence-electron chi connectivity index (χ3n) is 3.25. The molecule has 0 fully saturated rings. The van der Waals surface area contributed by atoms with Gasteiger partial charge in [0, 0.05) is 20.2 Å². The van der Waals surface area contributed by atoms with Crippen LogP contribution in [-0.2, 0) is 0 Å². The van der Waals surface area contributed by atoms with Gasteiger partial charge >= 0.3 is 0 Å². The van der Waals surface area contributed by atoms with Crippen molar-refractivity contribution in [3.05, 3.63) is 48.0 Å². The summed E-state index contributed by atoms with van der Waals surface area (Å²) in [5, 5.41) is 5.63. The van der Waals surface area contributed by atoms with E-state index in [1.165, 1.54) is 36.5 Å². The highest BCUT2D eigenvalue weighted by Gasteiger charge is 2.10. The van der Waals surface area contributed by atoms with Crippen molar-refractivity contribution in [2.45, 2.75) is 6.92 Å². The molecule has 4 rings (SSSR count). The van der Waals surface area contributed by atoms with Crippen LogP contribution in [-0.4, -0.2) is 0 Å². The van der Waals surface area contributed by atoms with Crippen molar-refractivity contribution in [2.75, 3.05) is 0 Å². The molecular formula is C15H10S. The highest BCUT2D eigenvalue weighted by Crippen LogP contribution is 2.40. The van der Waals surface area contributed by atoms with Gasteiger partial charge in [-0.3, -0.25) is 0 Å². The minimum Gasteiger partial charge on any atom is -0.135 e. The van der Waals surface area contributed by atoms with Gasteiger partial charge in [0.15, 0.2) is 0 Å². The van der Waals surface area contributed by atoms with Gasteiger partial charge in [-0.25, -0.2) is 0 Å². The summed E-state index contributed by atoms with van der Waals surface area (Å²) in [5.41, 5.74) is 1.35. The molecule has 1 heterocycles. The average molecular weight is 222 g/mol. The number of hydrogen-bond acceptors (Lipinski definition) is 1. The van der Waals surface area contributed by atoms with Crippen LogP contribution in [0.2, 0.25) is 0 Å². The van der Waals surface area contributed by atoms with Crippen LogP contribution in [0.4, 0.5) is 0 Å². The molecule has 1 heteroatoms. The summed E-state index contributed by atoms with van der Waals surface area (Å²) in [7, 11) is 0. The SMILES string of the molecule is Cc1cc2ccc3cccc4sc(c1)c2c34. The zero-order valence-electron chi connectivity index (χ0n) is 8.95. The zero-order valence-corrected chi connectivity index (χ0v) is 9.77. The van der Waals surface area contributed by atoms with Crippen LogP contribution in [0.5, 0.6) is 0 Å². The minimum absolute atomic E-state index is 1.35. The average Bonchev–Trinajstić information content (AvgIpc) is 2.64. The molecule has 3 aromatic carbocycles. The Hall–Kier alpha value is -1.60. The molecule has 0 amide bonds. The first-order valence-electron chi connectivity index (χ1n) is 5.47. The summed E-state index contributed by atoms with van der Waals surface area (Å²) in [4.78, 5) is 0. The summed E-state index contributed by atoms with van der Waals surface area (Å²) in [6.07, 6.45) is 0. The van der Waals surface area contributed by atoms with Gasteiger partial charge in [0.05, 0.1) is 0 Å². The van der Waals surface area contributed by atoms with Crippen molar-refractivity contribution in [1.29, 1.82) is 0 Å². The predicted octanol–water partition coefficient (Wildman–Crippen LogP) is 4.95.